The highest BCUT2D eigenvalue weighted by atomic mass is 35.5. The van der Waals surface area contributed by atoms with E-state index in [-0.39, 0.29) is 0 Å². The molecule has 0 saturated carbocycles. The molecule has 0 bridgehead atoms. The van der Waals surface area contributed by atoms with Crippen LogP contribution in [0.15, 0.2) is 59.7 Å². The summed E-state index contributed by atoms with van der Waals surface area (Å²) in [6.45, 7) is 0.829. The van der Waals surface area contributed by atoms with E-state index in [1.807, 2.05) is 36.4 Å². The second-order valence-corrected chi connectivity index (χ2v) is 7.37. The number of methoxy groups -OCH3 is 1. The number of benzene rings is 2. The van der Waals surface area contributed by atoms with E-state index in [2.05, 4.69) is 20.3 Å². The van der Waals surface area contributed by atoms with Gasteiger partial charge in [-0.15, -0.1) is 11.8 Å². The van der Waals surface area contributed by atoms with E-state index in [0.29, 0.717) is 28.2 Å². The predicted octanol–water partition coefficient (Wildman–Crippen LogP) is 5.17. The summed E-state index contributed by atoms with van der Waals surface area (Å²) < 4.78 is 11.4. The molecule has 0 aliphatic carbocycles. The molecular formula is C20H17ClN4O2S. The van der Waals surface area contributed by atoms with Crippen molar-refractivity contribution in [1.29, 1.82) is 0 Å². The van der Waals surface area contributed by atoms with Gasteiger partial charge in [-0.25, -0.2) is 9.97 Å². The van der Waals surface area contributed by atoms with E-state index in [4.69, 9.17) is 21.1 Å². The second kappa shape index (κ2) is 8.50. The zero-order valence-electron chi connectivity index (χ0n) is 15.1. The number of thioether (sulfide) groups is 1. The summed E-state index contributed by atoms with van der Waals surface area (Å²) in [7, 11) is 1.60. The second-order valence-electron chi connectivity index (χ2n) is 5.85. The van der Waals surface area contributed by atoms with Crippen LogP contribution in [-0.2, 0) is 0 Å². The maximum absolute atomic E-state index is 6.04. The van der Waals surface area contributed by atoms with Gasteiger partial charge in [-0.05, 0) is 36.4 Å². The van der Waals surface area contributed by atoms with Crippen LogP contribution < -0.4 is 14.8 Å². The minimum absolute atomic E-state index is 0.492. The number of anilines is 2. The zero-order chi connectivity index (χ0) is 19.3. The molecule has 0 atom stereocenters. The number of hydrogen-bond donors (Lipinski definition) is 1. The van der Waals surface area contributed by atoms with Gasteiger partial charge in [0.2, 0.25) is 5.95 Å². The first-order valence-electron chi connectivity index (χ1n) is 8.60. The Morgan fingerprint density at radius 2 is 2.04 bits per heavy atom. The Hall–Kier alpha value is -2.77. The number of halogens is 1. The van der Waals surface area contributed by atoms with Crippen LogP contribution in [0.4, 0.5) is 11.6 Å². The number of aliphatic imine (C=N–C) groups is 1. The zero-order valence-corrected chi connectivity index (χ0v) is 16.6. The number of hydrogen-bond acceptors (Lipinski definition) is 7. The van der Waals surface area contributed by atoms with E-state index in [0.717, 1.165) is 28.7 Å². The van der Waals surface area contributed by atoms with Crippen LogP contribution in [0, 0.1) is 0 Å². The first-order valence-corrected chi connectivity index (χ1v) is 9.97. The van der Waals surface area contributed by atoms with Crippen LogP contribution in [0.25, 0.3) is 0 Å². The summed E-state index contributed by atoms with van der Waals surface area (Å²) in [4.78, 5) is 13.3. The fraction of sp³-hybridized carbons (Fsp3) is 0.150. The molecule has 0 fully saturated rings. The van der Waals surface area contributed by atoms with Crippen molar-refractivity contribution >= 4 is 40.0 Å². The van der Waals surface area contributed by atoms with Crippen molar-refractivity contribution in [3.05, 3.63) is 65.4 Å². The van der Waals surface area contributed by atoms with Crippen molar-refractivity contribution in [2.24, 2.45) is 4.99 Å². The molecule has 1 N–H and O–H groups in total. The van der Waals surface area contributed by atoms with Crippen molar-refractivity contribution in [3.8, 4) is 17.2 Å². The molecule has 0 saturated heterocycles. The smallest absolute Gasteiger partial charge is 0.227 e. The molecule has 142 valence electrons. The van der Waals surface area contributed by atoms with Crippen molar-refractivity contribution in [2.45, 2.75) is 0 Å². The van der Waals surface area contributed by atoms with Gasteiger partial charge in [0.25, 0.3) is 0 Å². The van der Waals surface area contributed by atoms with Gasteiger partial charge in [0, 0.05) is 35.3 Å². The Bertz CT molecular complexity index is 1030. The number of nitrogens with zero attached hydrogens (tertiary/aromatic N) is 3. The molecule has 1 aromatic heterocycles. The van der Waals surface area contributed by atoms with Crippen molar-refractivity contribution in [1.82, 2.24) is 9.97 Å². The Balaban J connectivity index is 1.58. The van der Waals surface area contributed by atoms with Crippen LogP contribution in [0.1, 0.15) is 5.69 Å². The first-order chi connectivity index (χ1) is 13.7. The third-order valence-electron chi connectivity index (χ3n) is 3.90. The number of ether oxygens (including phenoxy) is 2. The number of rotatable bonds is 6. The largest absolute Gasteiger partial charge is 0.493 e. The third kappa shape index (κ3) is 4.37. The lowest BCUT2D eigenvalue weighted by Crippen LogP contribution is -2.03. The molecule has 4 rings (SSSR count). The average molecular weight is 413 g/mol. The first kappa shape index (κ1) is 18.6. The van der Waals surface area contributed by atoms with Crippen LogP contribution in [0.2, 0.25) is 5.02 Å². The minimum Gasteiger partial charge on any atom is -0.493 e. The molecule has 1 aliphatic rings. The number of aromatic nitrogens is 2. The van der Waals surface area contributed by atoms with Gasteiger partial charge in [0.15, 0.2) is 11.5 Å². The standard InChI is InChI=1S/C20H17ClN4O2S/c1-26-17-6-5-14(12-18(17)27-15-4-2-3-13(21)11-15)24-20-23-8-7-16(25-20)19-22-9-10-28-19/h2-8,11-12H,9-10H2,1H3,(H,23,24,25). The Labute approximate surface area is 172 Å². The van der Waals surface area contributed by atoms with E-state index in [1.165, 1.54) is 0 Å². The lowest BCUT2D eigenvalue weighted by molar-refractivity contribution is 0.379. The summed E-state index contributed by atoms with van der Waals surface area (Å²) in [5.41, 5.74) is 1.60. The molecular weight excluding hydrogens is 396 g/mol. The van der Waals surface area contributed by atoms with Gasteiger partial charge in [-0.1, -0.05) is 17.7 Å². The van der Waals surface area contributed by atoms with Gasteiger partial charge in [0.05, 0.1) is 7.11 Å². The molecule has 1 aliphatic heterocycles. The minimum atomic E-state index is 0.492. The van der Waals surface area contributed by atoms with Gasteiger partial charge in [0.1, 0.15) is 16.5 Å². The lowest BCUT2D eigenvalue weighted by Gasteiger charge is -2.13. The molecule has 3 aromatic rings. The third-order valence-corrected chi connectivity index (χ3v) is 5.14. The topological polar surface area (TPSA) is 68.6 Å². The summed E-state index contributed by atoms with van der Waals surface area (Å²) in [5.74, 6) is 3.27. The average Bonchev–Trinajstić information content (AvgIpc) is 3.23. The molecule has 0 amide bonds. The SMILES string of the molecule is COc1ccc(Nc2nccc(C3=NCCS3)n2)cc1Oc1cccc(Cl)c1. The highest BCUT2D eigenvalue weighted by molar-refractivity contribution is 8.14. The maximum atomic E-state index is 6.04. The molecule has 28 heavy (non-hydrogen) atoms. The van der Waals surface area contributed by atoms with Gasteiger partial charge < -0.3 is 14.8 Å². The highest BCUT2D eigenvalue weighted by Crippen LogP contribution is 2.35. The van der Waals surface area contributed by atoms with Crippen LogP contribution in [-0.4, -0.2) is 34.4 Å². The molecule has 0 unspecified atom stereocenters. The summed E-state index contributed by atoms with van der Waals surface area (Å²) >= 11 is 7.75. The van der Waals surface area contributed by atoms with E-state index in [1.54, 1.807) is 37.2 Å². The summed E-state index contributed by atoms with van der Waals surface area (Å²) in [6.07, 6.45) is 1.72. The summed E-state index contributed by atoms with van der Waals surface area (Å²) in [5, 5.41) is 4.76. The Kier molecular flexibility index (Phi) is 5.64. The molecule has 2 heterocycles. The van der Waals surface area contributed by atoms with Crippen LogP contribution in [0.3, 0.4) is 0 Å². The molecule has 2 aromatic carbocycles. The number of nitrogens with one attached hydrogen (secondary N) is 1. The van der Waals surface area contributed by atoms with Crippen LogP contribution in [0.5, 0.6) is 17.2 Å². The van der Waals surface area contributed by atoms with Gasteiger partial charge >= 0.3 is 0 Å². The molecule has 0 radical (unpaired) electrons. The summed E-state index contributed by atoms with van der Waals surface area (Å²) in [6, 6.07) is 14.6. The monoisotopic (exact) mass is 412 g/mol. The van der Waals surface area contributed by atoms with E-state index >= 15 is 0 Å². The normalized spacial score (nSPS) is 13.1. The van der Waals surface area contributed by atoms with E-state index < -0.39 is 0 Å². The Morgan fingerprint density at radius 1 is 1.11 bits per heavy atom. The lowest BCUT2D eigenvalue weighted by atomic mass is 10.2. The van der Waals surface area contributed by atoms with Gasteiger partial charge in [-0.3, -0.25) is 4.99 Å². The van der Waals surface area contributed by atoms with Crippen molar-refractivity contribution in [3.63, 3.8) is 0 Å². The van der Waals surface area contributed by atoms with Gasteiger partial charge in [-0.2, -0.15) is 0 Å². The Morgan fingerprint density at radius 3 is 2.82 bits per heavy atom. The van der Waals surface area contributed by atoms with E-state index in [9.17, 15) is 0 Å². The maximum Gasteiger partial charge on any atom is 0.227 e. The van der Waals surface area contributed by atoms with Crippen LogP contribution >= 0.6 is 23.4 Å². The molecule has 6 nitrogen and oxygen atoms in total. The van der Waals surface area contributed by atoms with Crippen molar-refractivity contribution < 1.29 is 9.47 Å². The fourth-order valence-corrected chi connectivity index (χ4v) is 3.65. The highest BCUT2D eigenvalue weighted by Gasteiger charge is 2.13. The quantitative estimate of drug-likeness (QED) is 0.602. The van der Waals surface area contributed by atoms with Crippen molar-refractivity contribution in [2.75, 3.05) is 24.7 Å². The predicted molar refractivity (Wildman–Crippen MR) is 114 cm³/mol. The fourth-order valence-electron chi connectivity index (χ4n) is 2.65. The molecule has 0 spiro atoms. The molecule has 8 heteroatoms.